The third kappa shape index (κ3) is 5.57. The fourth-order valence-electron chi connectivity index (χ4n) is 2.28. The van der Waals surface area contributed by atoms with E-state index in [9.17, 15) is 13.6 Å². The van der Waals surface area contributed by atoms with Crippen LogP contribution < -0.4 is 4.74 Å². The molecule has 6 heteroatoms. The molecule has 0 aliphatic heterocycles. The van der Waals surface area contributed by atoms with Gasteiger partial charge in [-0.15, -0.1) is 0 Å². The van der Waals surface area contributed by atoms with Crippen molar-refractivity contribution in [3.8, 4) is 5.75 Å². The molecule has 0 spiro atoms. The van der Waals surface area contributed by atoms with E-state index < -0.39 is 6.61 Å². The van der Waals surface area contributed by atoms with Crippen LogP contribution in [0.5, 0.6) is 5.75 Å². The van der Waals surface area contributed by atoms with Crippen molar-refractivity contribution >= 4 is 23.1 Å². The number of likely N-dealkylation sites (N-methyl/N-ethyl adjacent to an activating group) is 1. The van der Waals surface area contributed by atoms with Crippen molar-refractivity contribution in [2.75, 3.05) is 7.05 Å². The summed E-state index contributed by atoms with van der Waals surface area (Å²) in [5, 5.41) is 0.585. The molecule has 0 heterocycles. The van der Waals surface area contributed by atoms with Crippen molar-refractivity contribution in [3.63, 3.8) is 0 Å². The number of nitrogens with zero attached hydrogens (tertiary/aromatic N) is 1. The molecule has 0 radical (unpaired) electrons. The first-order valence-electron chi connectivity index (χ1n) is 7.59. The highest BCUT2D eigenvalue weighted by molar-refractivity contribution is 6.32. The summed E-state index contributed by atoms with van der Waals surface area (Å²) in [5.74, 6) is -0.0903. The lowest BCUT2D eigenvalue weighted by molar-refractivity contribution is -0.125. The first-order valence-corrected chi connectivity index (χ1v) is 7.96. The van der Waals surface area contributed by atoms with Gasteiger partial charge >= 0.3 is 6.61 Å². The number of halogens is 3. The van der Waals surface area contributed by atoms with E-state index in [4.69, 9.17) is 11.6 Å². The average molecular weight is 366 g/mol. The van der Waals surface area contributed by atoms with Gasteiger partial charge in [-0.3, -0.25) is 4.79 Å². The van der Waals surface area contributed by atoms with Gasteiger partial charge in [-0.1, -0.05) is 41.9 Å². The number of ether oxygens (including phenoxy) is 1. The molecule has 0 aliphatic rings. The monoisotopic (exact) mass is 365 g/mol. The minimum Gasteiger partial charge on any atom is -0.435 e. The van der Waals surface area contributed by atoms with Crippen LogP contribution in [0.3, 0.4) is 0 Å². The summed E-state index contributed by atoms with van der Waals surface area (Å²) in [7, 11) is 1.67. The molecular formula is C19H18ClF2NO2. The van der Waals surface area contributed by atoms with E-state index in [-0.39, 0.29) is 11.7 Å². The first-order chi connectivity index (χ1) is 11.9. The lowest BCUT2D eigenvalue weighted by atomic mass is 10.1. The van der Waals surface area contributed by atoms with Gasteiger partial charge in [0.05, 0.1) is 0 Å². The van der Waals surface area contributed by atoms with Crippen molar-refractivity contribution in [2.24, 2.45) is 0 Å². The normalized spacial score (nSPS) is 11.5. The molecule has 0 fully saturated rings. The number of benzene rings is 2. The van der Waals surface area contributed by atoms with E-state index in [1.54, 1.807) is 25.2 Å². The Morgan fingerprint density at radius 1 is 1.20 bits per heavy atom. The molecule has 0 aromatic heterocycles. The summed E-state index contributed by atoms with van der Waals surface area (Å²) in [6.45, 7) is -0.684. The molecule has 0 N–H and O–H groups in total. The first kappa shape index (κ1) is 18.9. The van der Waals surface area contributed by atoms with Gasteiger partial charge in [-0.2, -0.15) is 8.78 Å². The zero-order valence-corrected chi connectivity index (χ0v) is 14.6. The Labute approximate surface area is 150 Å². The number of allylic oxidation sites excluding steroid dienone is 1. The van der Waals surface area contributed by atoms with Crippen LogP contribution in [0.15, 0.2) is 54.6 Å². The van der Waals surface area contributed by atoms with Gasteiger partial charge in [0, 0.05) is 24.7 Å². The second-order valence-electron chi connectivity index (χ2n) is 5.52. The smallest absolute Gasteiger partial charge is 0.387 e. The number of alkyl halides is 2. The van der Waals surface area contributed by atoms with E-state index >= 15 is 0 Å². The highest BCUT2D eigenvalue weighted by Crippen LogP contribution is 2.23. The fourth-order valence-corrected chi connectivity index (χ4v) is 2.57. The molecule has 0 unspecified atom stereocenters. The number of hydrogen-bond acceptors (Lipinski definition) is 2. The van der Waals surface area contributed by atoms with Crippen LogP contribution in [0.25, 0.3) is 5.57 Å². The summed E-state index contributed by atoms with van der Waals surface area (Å²) in [4.78, 5) is 13.9. The van der Waals surface area contributed by atoms with Crippen molar-refractivity contribution in [2.45, 2.75) is 20.1 Å². The Kier molecular flexibility index (Phi) is 6.53. The topological polar surface area (TPSA) is 29.5 Å². The van der Waals surface area contributed by atoms with Crippen molar-refractivity contribution in [1.82, 2.24) is 4.90 Å². The molecule has 2 aromatic carbocycles. The summed E-state index contributed by atoms with van der Waals surface area (Å²) >= 11 is 6.13. The third-order valence-corrected chi connectivity index (χ3v) is 3.91. The number of hydrogen-bond donors (Lipinski definition) is 0. The van der Waals surface area contributed by atoms with E-state index in [0.29, 0.717) is 11.6 Å². The molecule has 2 aromatic rings. The Hall–Kier alpha value is -2.40. The maximum absolute atomic E-state index is 12.3. The van der Waals surface area contributed by atoms with Gasteiger partial charge < -0.3 is 9.64 Å². The minimum absolute atomic E-state index is 0.0854. The van der Waals surface area contributed by atoms with Crippen molar-refractivity contribution < 1.29 is 18.3 Å². The molecule has 132 valence electrons. The molecule has 2 rings (SSSR count). The number of amides is 1. The number of carbonyl (C=O) groups is 1. The summed E-state index contributed by atoms with van der Waals surface area (Å²) in [5.41, 5.74) is 2.38. The standard InChI is InChI=1S/C19H18ClF2NO2/c1-13(16-5-3-4-6-17(16)20)11-18(24)23(2)12-14-7-9-15(10-8-14)25-19(21)22/h3-11,19H,12H2,1-2H3. The second-order valence-corrected chi connectivity index (χ2v) is 5.93. The molecule has 0 aliphatic carbocycles. The Morgan fingerprint density at radius 3 is 2.44 bits per heavy atom. The molecule has 0 saturated heterocycles. The average Bonchev–Trinajstić information content (AvgIpc) is 2.56. The number of carbonyl (C=O) groups excluding carboxylic acids is 1. The molecular weight excluding hydrogens is 348 g/mol. The maximum atomic E-state index is 12.3. The fraction of sp³-hybridized carbons (Fsp3) is 0.211. The van der Waals surface area contributed by atoms with E-state index in [1.807, 2.05) is 25.1 Å². The van der Waals surface area contributed by atoms with Crippen molar-refractivity contribution in [3.05, 3.63) is 70.8 Å². The van der Waals surface area contributed by atoms with Gasteiger partial charge in [0.25, 0.3) is 0 Å². The Morgan fingerprint density at radius 2 is 1.84 bits per heavy atom. The lowest BCUT2D eigenvalue weighted by Gasteiger charge is -2.16. The van der Waals surface area contributed by atoms with Crippen LogP contribution in [0.4, 0.5) is 8.78 Å². The molecule has 3 nitrogen and oxygen atoms in total. The van der Waals surface area contributed by atoms with E-state index in [0.717, 1.165) is 16.7 Å². The van der Waals surface area contributed by atoms with E-state index in [2.05, 4.69) is 4.74 Å². The molecule has 0 saturated carbocycles. The van der Waals surface area contributed by atoms with Crippen molar-refractivity contribution in [1.29, 1.82) is 0 Å². The molecule has 25 heavy (non-hydrogen) atoms. The molecule has 0 atom stereocenters. The number of rotatable bonds is 6. The third-order valence-electron chi connectivity index (χ3n) is 3.58. The van der Waals surface area contributed by atoms with Gasteiger partial charge in [0.15, 0.2) is 0 Å². The van der Waals surface area contributed by atoms with Crippen LogP contribution in [-0.4, -0.2) is 24.5 Å². The Balaban J connectivity index is 2.02. The predicted octanol–water partition coefficient (Wildman–Crippen LogP) is 5.00. The van der Waals surface area contributed by atoms with Crippen LogP contribution in [0.2, 0.25) is 5.02 Å². The van der Waals surface area contributed by atoms with Crippen LogP contribution >= 0.6 is 11.6 Å². The van der Waals surface area contributed by atoms with Crippen LogP contribution in [0.1, 0.15) is 18.1 Å². The minimum atomic E-state index is -2.85. The van der Waals surface area contributed by atoms with Crippen LogP contribution in [0, 0.1) is 0 Å². The van der Waals surface area contributed by atoms with E-state index in [1.165, 1.54) is 23.1 Å². The second kappa shape index (κ2) is 8.62. The predicted molar refractivity (Wildman–Crippen MR) is 94.7 cm³/mol. The van der Waals surface area contributed by atoms with Gasteiger partial charge in [0.1, 0.15) is 5.75 Å². The van der Waals surface area contributed by atoms with Gasteiger partial charge in [-0.05, 0) is 41.8 Å². The largest absolute Gasteiger partial charge is 0.435 e. The SMILES string of the molecule is CC(=CC(=O)N(C)Cc1ccc(OC(F)F)cc1)c1ccccc1Cl. The quantitative estimate of drug-likeness (QED) is 0.674. The molecule has 0 bridgehead atoms. The van der Waals surface area contributed by atoms with Gasteiger partial charge in [-0.25, -0.2) is 0 Å². The zero-order chi connectivity index (χ0) is 18.4. The summed E-state index contributed by atoms with van der Waals surface area (Å²) in [6.07, 6.45) is 1.52. The summed E-state index contributed by atoms with van der Waals surface area (Å²) in [6, 6.07) is 13.5. The van der Waals surface area contributed by atoms with Crippen LogP contribution in [-0.2, 0) is 11.3 Å². The zero-order valence-electron chi connectivity index (χ0n) is 13.9. The molecule has 1 amide bonds. The Bertz CT molecular complexity index is 760. The highest BCUT2D eigenvalue weighted by atomic mass is 35.5. The highest BCUT2D eigenvalue weighted by Gasteiger charge is 2.10. The lowest BCUT2D eigenvalue weighted by Crippen LogP contribution is -2.24. The summed E-state index contributed by atoms with van der Waals surface area (Å²) < 4.78 is 28.6. The maximum Gasteiger partial charge on any atom is 0.387 e. The van der Waals surface area contributed by atoms with Gasteiger partial charge in [0.2, 0.25) is 5.91 Å².